The summed E-state index contributed by atoms with van der Waals surface area (Å²) in [5.74, 6) is -0.143. The van der Waals surface area contributed by atoms with Crippen LogP contribution in [0.15, 0.2) is 48.0 Å². The van der Waals surface area contributed by atoms with Crippen LogP contribution in [0, 0.1) is 18.8 Å². The number of allylic oxidation sites excluding steroid dienone is 4. The molecule has 2 N–H and O–H groups in total. The van der Waals surface area contributed by atoms with Crippen molar-refractivity contribution >= 4 is 17.5 Å². The smallest absolute Gasteiger partial charge is 0.253 e. The van der Waals surface area contributed by atoms with Crippen molar-refractivity contribution in [3.05, 3.63) is 53.5 Å². The number of hydrogen-bond acceptors (Lipinski definition) is 4. The Kier molecular flexibility index (Phi) is 5.82. The molecule has 7 heteroatoms. The molecule has 0 fully saturated rings. The number of nitrogens with one attached hydrogen (secondary N) is 2. The minimum absolute atomic E-state index is 0.117. The number of ether oxygens (including phenoxy) is 2. The summed E-state index contributed by atoms with van der Waals surface area (Å²) in [6, 6.07) is 3.47. The lowest BCUT2D eigenvalue weighted by atomic mass is 9.78. The van der Waals surface area contributed by atoms with Gasteiger partial charge in [0.25, 0.3) is 5.91 Å². The van der Waals surface area contributed by atoms with Gasteiger partial charge in [-0.2, -0.15) is 0 Å². The van der Waals surface area contributed by atoms with E-state index in [4.69, 9.17) is 9.47 Å². The predicted octanol–water partition coefficient (Wildman–Crippen LogP) is 3.40. The molecule has 0 saturated carbocycles. The summed E-state index contributed by atoms with van der Waals surface area (Å²) in [6.07, 6.45) is 6.65. The van der Waals surface area contributed by atoms with Gasteiger partial charge >= 0.3 is 0 Å². The topological polar surface area (TPSA) is 76.7 Å². The first-order valence-electron chi connectivity index (χ1n) is 9.00. The van der Waals surface area contributed by atoms with Crippen molar-refractivity contribution in [3.63, 3.8) is 0 Å². The Bertz CT molecular complexity index is 889. The van der Waals surface area contributed by atoms with Gasteiger partial charge in [-0.15, -0.1) is 0 Å². The second kappa shape index (κ2) is 8.29. The van der Waals surface area contributed by atoms with E-state index in [2.05, 4.69) is 10.6 Å². The summed E-state index contributed by atoms with van der Waals surface area (Å²) < 4.78 is 23.9. The molecule has 2 atom stereocenters. The van der Waals surface area contributed by atoms with Crippen molar-refractivity contribution in [2.75, 3.05) is 19.5 Å². The predicted molar refractivity (Wildman–Crippen MR) is 104 cm³/mol. The molecule has 2 aliphatic rings. The summed E-state index contributed by atoms with van der Waals surface area (Å²) in [7, 11) is 3.07. The summed E-state index contributed by atoms with van der Waals surface area (Å²) in [5.41, 5.74) is 1.86. The van der Waals surface area contributed by atoms with Crippen molar-refractivity contribution < 1.29 is 23.5 Å². The summed E-state index contributed by atoms with van der Waals surface area (Å²) in [5, 5.41) is 5.50. The number of amides is 2. The SMILES string of the molecule is COc1cc(C)c(NC(=O)C2=CNC(=O)C[C@@H]2C2C=CC(F)=CC2)cc1OC. The second-order valence-electron chi connectivity index (χ2n) is 6.80. The fourth-order valence-corrected chi connectivity index (χ4v) is 3.47. The molecule has 1 aliphatic carbocycles. The molecule has 1 aliphatic heterocycles. The van der Waals surface area contributed by atoms with Crippen LogP contribution in [0.2, 0.25) is 0 Å². The molecule has 1 aromatic rings. The van der Waals surface area contributed by atoms with E-state index in [0.717, 1.165) is 5.56 Å². The van der Waals surface area contributed by atoms with Gasteiger partial charge < -0.3 is 20.1 Å². The van der Waals surface area contributed by atoms with Crippen LogP contribution in [0.25, 0.3) is 0 Å². The number of aryl methyl sites for hydroxylation is 1. The highest BCUT2D eigenvalue weighted by atomic mass is 19.1. The van der Waals surface area contributed by atoms with Gasteiger partial charge in [0.2, 0.25) is 5.91 Å². The van der Waals surface area contributed by atoms with Crippen molar-refractivity contribution in [1.82, 2.24) is 5.32 Å². The lowest BCUT2D eigenvalue weighted by molar-refractivity contribution is -0.122. The maximum Gasteiger partial charge on any atom is 0.253 e. The molecule has 0 radical (unpaired) electrons. The zero-order valence-electron chi connectivity index (χ0n) is 16.0. The largest absolute Gasteiger partial charge is 0.493 e. The number of hydrogen-bond donors (Lipinski definition) is 2. The van der Waals surface area contributed by atoms with Crippen LogP contribution >= 0.6 is 0 Å². The number of carbonyl (C=O) groups excluding carboxylic acids is 2. The minimum Gasteiger partial charge on any atom is -0.493 e. The summed E-state index contributed by atoms with van der Waals surface area (Å²) in [6.45, 7) is 1.85. The first-order chi connectivity index (χ1) is 13.4. The first-order valence-corrected chi connectivity index (χ1v) is 9.00. The van der Waals surface area contributed by atoms with Gasteiger partial charge in [-0.25, -0.2) is 4.39 Å². The molecular formula is C21H23FN2O4. The van der Waals surface area contributed by atoms with Gasteiger partial charge in [0.15, 0.2) is 11.5 Å². The van der Waals surface area contributed by atoms with Gasteiger partial charge in [0.05, 0.1) is 14.2 Å². The molecule has 28 heavy (non-hydrogen) atoms. The number of rotatable bonds is 5. The number of methoxy groups -OCH3 is 2. The number of halogens is 1. The Morgan fingerprint density at radius 3 is 2.61 bits per heavy atom. The van der Waals surface area contributed by atoms with Gasteiger partial charge in [0, 0.05) is 35.9 Å². The number of anilines is 1. The third-order valence-corrected chi connectivity index (χ3v) is 5.04. The van der Waals surface area contributed by atoms with Crippen molar-refractivity contribution in [2.45, 2.75) is 19.8 Å². The number of carbonyl (C=O) groups is 2. The van der Waals surface area contributed by atoms with Crippen LogP contribution in [-0.2, 0) is 9.59 Å². The Morgan fingerprint density at radius 2 is 1.96 bits per heavy atom. The van der Waals surface area contributed by atoms with Crippen LogP contribution in [0.4, 0.5) is 10.1 Å². The van der Waals surface area contributed by atoms with Crippen LogP contribution < -0.4 is 20.1 Å². The van der Waals surface area contributed by atoms with Gasteiger partial charge in [-0.05, 0) is 43.0 Å². The lowest BCUT2D eigenvalue weighted by Gasteiger charge is -2.29. The van der Waals surface area contributed by atoms with Gasteiger partial charge in [-0.3, -0.25) is 9.59 Å². The van der Waals surface area contributed by atoms with Crippen molar-refractivity contribution in [2.24, 2.45) is 11.8 Å². The summed E-state index contributed by atoms with van der Waals surface area (Å²) in [4.78, 5) is 24.9. The molecule has 6 nitrogen and oxygen atoms in total. The molecule has 2 amide bonds. The molecule has 0 spiro atoms. The third-order valence-electron chi connectivity index (χ3n) is 5.04. The van der Waals surface area contributed by atoms with Crippen LogP contribution in [0.5, 0.6) is 11.5 Å². The van der Waals surface area contributed by atoms with Crippen LogP contribution in [-0.4, -0.2) is 26.0 Å². The van der Waals surface area contributed by atoms with E-state index in [9.17, 15) is 14.0 Å². The first kappa shape index (κ1) is 19.7. The monoisotopic (exact) mass is 386 g/mol. The van der Waals surface area contributed by atoms with Crippen molar-refractivity contribution in [1.29, 1.82) is 0 Å². The minimum atomic E-state index is -0.324. The van der Waals surface area contributed by atoms with Gasteiger partial charge in [-0.1, -0.05) is 6.08 Å². The van der Waals surface area contributed by atoms with E-state index in [-0.39, 0.29) is 35.9 Å². The van der Waals surface area contributed by atoms with Crippen LogP contribution in [0.1, 0.15) is 18.4 Å². The maximum atomic E-state index is 13.3. The highest BCUT2D eigenvalue weighted by Crippen LogP contribution is 2.36. The van der Waals surface area contributed by atoms with E-state index in [1.54, 1.807) is 25.3 Å². The van der Waals surface area contributed by atoms with E-state index >= 15 is 0 Å². The van der Waals surface area contributed by atoms with E-state index in [1.807, 2.05) is 6.92 Å². The average Bonchev–Trinajstić information content (AvgIpc) is 2.69. The fraction of sp³-hybridized carbons (Fsp3) is 0.333. The molecule has 0 aromatic heterocycles. The Hall–Kier alpha value is -3.09. The quantitative estimate of drug-likeness (QED) is 0.813. The highest BCUT2D eigenvalue weighted by Gasteiger charge is 2.33. The zero-order valence-corrected chi connectivity index (χ0v) is 16.0. The molecule has 148 valence electrons. The van der Waals surface area contributed by atoms with Crippen molar-refractivity contribution in [3.8, 4) is 11.5 Å². The standard InChI is InChI=1S/C21H23FN2O4/c1-12-8-18(27-2)19(28-3)10-17(12)24-21(26)16-11-23-20(25)9-15(16)13-4-6-14(22)7-5-13/h4,6-8,10-11,13,15H,5,9H2,1-3H3,(H,23,25)(H,24,26)/t13?,15-/m1/s1. The van der Waals surface area contributed by atoms with Crippen LogP contribution in [0.3, 0.4) is 0 Å². The molecule has 0 bridgehead atoms. The molecular weight excluding hydrogens is 363 g/mol. The lowest BCUT2D eigenvalue weighted by Crippen LogP contribution is -2.36. The Morgan fingerprint density at radius 1 is 1.25 bits per heavy atom. The average molecular weight is 386 g/mol. The molecule has 1 heterocycles. The molecule has 1 unspecified atom stereocenters. The zero-order chi connectivity index (χ0) is 20.3. The van der Waals surface area contributed by atoms with E-state index in [0.29, 0.717) is 29.2 Å². The number of benzene rings is 1. The van der Waals surface area contributed by atoms with Gasteiger partial charge in [0.1, 0.15) is 5.83 Å². The van der Waals surface area contributed by atoms with E-state index < -0.39 is 0 Å². The fourth-order valence-electron chi connectivity index (χ4n) is 3.47. The molecule has 0 saturated heterocycles. The Balaban J connectivity index is 1.84. The Labute approximate surface area is 163 Å². The maximum absolute atomic E-state index is 13.3. The third kappa shape index (κ3) is 4.08. The van der Waals surface area contributed by atoms with E-state index in [1.165, 1.54) is 25.5 Å². The highest BCUT2D eigenvalue weighted by molar-refractivity contribution is 6.06. The second-order valence-corrected chi connectivity index (χ2v) is 6.80. The molecule has 1 aromatic carbocycles. The normalized spacial score (nSPS) is 21.4. The summed E-state index contributed by atoms with van der Waals surface area (Å²) >= 11 is 0. The molecule has 3 rings (SSSR count).